The highest BCUT2D eigenvalue weighted by atomic mass is 16.2. The molecule has 3 rings (SSSR count). The summed E-state index contributed by atoms with van der Waals surface area (Å²) in [5, 5.41) is 6.38. The van der Waals surface area contributed by atoms with Gasteiger partial charge in [0.15, 0.2) is 0 Å². The quantitative estimate of drug-likeness (QED) is 0.906. The second-order valence-corrected chi connectivity index (χ2v) is 5.70. The fourth-order valence-electron chi connectivity index (χ4n) is 2.71. The van der Waals surface area contributed by atoms with E-state index in [4.69, 9.17) is 0 Å². The summed E-state index contributed by atoms with van der Waals surface area (Å²) in [6.07, 6.45) is 0.753. The number of carbonyl (C=O) groups excluding carboxylic acids is 1. The van der Waals surface area contributed by atoms with E-state index >= 15 is 0 Å². The molecule has 0 radical (unpaired) electrons. The SMILES string of the molecule is Cc1ccc(C(C)NC(=O)[C@@H]2Cc3ccccc3N2)cc1. The van der Waals surface area contributed by atoms with E-state index in [2.05, 4.69) is 47.9 Å². The van der Waals surface area contributed by atoms with E-state index in [1.165, 1.54) is 11.1 Å². The summed E-state index contributed by atoms with van der Waals surface area (Å²) in [6, 6.07) is 16.2. The Morgan fingerprint density at radius 3 is 2.62 bits per heavy atom. The largest absolute Gasteiger partial charge is 0.373 e. The summed E-state index contributed by atoms with van der Waals surface area (Å²) < 4.78 is 0. The average molecular weight is 280 g/mol. The number of benzene rings is 2. The minimum atomic E-state index is -0.171. The molecule has 0 fully saturated rings. The van der Waals surface area contributed by atoms with Crippen LogP contribution in [0.3, 0.4) is 0 Å². The van der Waals surface area contributed by atoms with E-state index in [1.54, 1.807) is 0 Å². The summed E-state index contributed by atoms with van der Waals surface area (Å²) in [5.41, 5.74) is 4.64. The Bertz CT molecular complexity index is 624. The lowest BCUT2D eigenvalue weighted by molar-refractivity contribution is -0.122. The predicted molar refractivity (Wildman–Crippen MR) is 85.3 cm³/mol. The second kappa shape index (κ2) is 5.60. The maximum Gasteiger partial charge on any atom is 0.243 e. The number of anilines is 1. The second-order valence-electron chi connectivity index (χ2n) is 5.70. The third-order valence-corrected chi connectivity index (χ3v) is 4.02. The number of aryl methyl sites for hydroxylation is 1. The molecule has 1 amide bonds. The van der Waals surface area contributed by atoms with Gasteiger partial charge in [0.1, 0.15) is 6.04 Å². The molecule has 0 aliphatic carbocycles. The van der Waals surface area contributed by atoms with Crippen molar-refractivity contribution in [1.29, 1.82) is 0 Å². The first-order chi connectivity index (χ1) is 10.1. The first-order valence-electron chi connectivity index (χ1n) is 7.35. The van der Waals surface area contributed by atoms with Crippen molar-refractivity contribution >= 4 is 11.6 Å². The van der Waals surface area contributed by atoms with Crippen molar-refractivity contribution in [2.24, 2.45) is 0 Å². The topological polar surface area (TPSA) is 41.1 Å². The Kier molecular flexibility index (Phi) is 3.65. The molecule has 1 unspecified atom stereocenters. The molecule has 2 N–H and O–H groups in total. The molecule has 2 atom stereocenters. The Morgan fingerprint density at radius 2 is 1.90 bits per heavy atom. The van der Waals surface area contributed by atoms with Crippen LogP contribution in [0.4, 0.5) is 5.69 Å². The third-order valence-electron chi connectivity index (χ3n) is 4.02. The molecule has 1 heterocycles. The van der Waals surface area contributed by atoms with E-state index in [0.717, 1.165) is 17.7 Å². The van der Waals surface area contributed by atoms with Crippen LogP contribution in [0, 0.1) is 6.92 Å². The van der Waals surface area contributed by atoms with Crippen LogP contribution in [0.2, 0.25) is 0 Å². The number of nitrogens with one attached hydrogen (secondary N) is 2. The van der Waals surface area contributed by atoms with Crippen molar-refractivity contribution in [2.45, 2.75) is 32.4 Å². The monoisotopic (exact) mass is 280 g/mol. The number of hydrogen-bond acceptors (Lipinski definition) is 2. The van der Waals surface area contributed by atoms with Crippen LogP contribution < -0.4 is 10.6 Å². The predicted octanol–water partition coefficient (Wildman–Crippen LogP) is 3.21. The fourth-order valence-corrected chi connectivity index (χ4v) is 2.71. The molecule has 3 heteroatoms. The Morgan fingerprint density at radius 1 is 1.19 bits per heavy atom. The zero-order valence-corrected chi connectivity index (χ0v) is 12.4. The molecule has 0 aromatic heterocycles. The van der Waals surface area contributed by atoms with Crippen LogP contribution in [0.5, 0.6) is 0 Å². The van der Waals surface area contributed by atoms with Gasteiger partial charge in [-0.05, 0) is 31.0 Å². The van der Waals surface area contributed by atoms with Crippen LogP contribution in [-0.4, -0.2) is 11.9 Å². The molecule has 1 aliphatic heterocycles. The molecule has 1 aliphatic rings. The highest BCUT2D eigenvalue weighted by Crippen LogP contribution is 2.25. The van der Waals surface area contributed by atoms with Gasteiger partial charge in [0.25, 0.3) is 0 Å². The maximum atomic E-state index is 12.4. The van der Waals surface area contributed by atoms with Crippen molar-refractivity contribution in [1.82, 2.24) is 5.32 Å². The van der Waals surface area contributed by atoms with Crippen molar-refractivity contribution in [3.05, 3.63) is 65.2 Å². The number of fused-ring (bicyclic) bond motifs is 1. The smallest absolute Gasteiger partial charge is 0.243 e. The minimum absolute atomic E-state index is 0.0172. The number of carbonyl (C=O) groups is 1. The van der Waals surface area contributed by atoms with Crippen LogP contribution in [0.15, 0.2) is 48.5 Å². The van der Waals surface area contributed by atoms with Gasteiger partial charge in [-0.1, -0.05) is 48.0 Å². The Hall–Kier alpha value is -2.29. The highest BCUT2D eigenvalue weighted by Gasteiger charge is 2.27. The lowest BCUT2D eigenvalue weighted by Gasteiger charge is -2.18. The summed E-state index contributed by atoms with van der Waals surface area (Å²) in [7, 11) is 0. The van der Waals surface area contributed by atoms with Gasteiger partial charge in [0.05, 0.1) is 6.04 Å². The summed E-state index contributed by atoms with van der Waals surface area (Å²) in [4.78, 5) is 12.4. The highest BCUT2D eigenvalue weighted by molar-refractivity contribution is 5.87. The number of amides is 1. The first-order valence-corrected chi connectivity index (χ1v) is 7.35. The van der Waals surface area contributed by atoms with E-state index in [-0.39, 0.29) is 18.0 Å². The molecule has 0 bridgehead atoms. The first kappa shape index (κ1) is 13.7. The van der Waals surface area contributed by atoms with Crippen molar-refractivity contribution in [3.8, 4) is 0 Å². The number of hydrogen-bond donors (Lipinski definition) is 2. The van der Waals surface area contributed by atoms with Crippen molar-refractivity contribution in [3.63, 3.8) is 0 Å². The molecule has 2 aromatic rings. The van der Waals surface area contributed by atoms with Crippen molar-refractivity contribution in [2.75, 3.05) is 5.32 Å². The lowest BCUT2D eigenvalue weighted by atomic mass is 10.1. The molecule has 3 nitrogen and oxygen atoms in total. The molecule has 2 aromatic carbocycles. The van der Waals surface area contributed by atoms with Gasteiger partial charge < -0.3 is 10.6 Å². The number of rotatable bonds is 3. The zero-order valence-electron chi connectivity index (χ0n) is 12.4. The molecule has 0 saturated heterocycles. The maximum absolute atomic E-state index is 12.4. The van der Waals surface area contributed by atoms with E-state index in [9.17, 15) is 4.79 Å². The van der Waals surface area contributed by atoms with Gasteiger partial charge in [0, 0.05) is 12.1 Å². The van der Waals surface area contributed by atoms with Gasteiger partial charge in [-0.15, -0.1) is 0 Å². The zero-order chi connectivity index (χ0) is 14.8. The van der Waals surface area contributed by atoms with Crippen LogP contribution >= 0.6 is 0 Å². The molecule has 0 saturated carbocycles. The third kappa shape index (κ3) is 2.92. The summed E-state index contributed by atoms with van der Waals surface area (Å²) >= 11 is 0. The van der Waals surface area contributed by atoms with Gasteiger partial charge in [-0.2, -0.15) is 0 Å². The summed E-state index contributed by atoms with van der Waals surface area (Å²) in [5.74, 6) is 0.0549. The Labute approximate surface area is 125 Å². The van der Waals surface area contributed by atoms with Crippen LogP contribution in [0.1, 0.15) is 29.7 Å². The Balaban J connectivity index is 1.64. The van der Waals surface area contributed by atoms with Gasteiger partial charge in [-0.25, -0.2) is 0 Å². The molecular formula is C18H20N2O. The average Bonchev–Trinajstić information content (AvgIpc) is 2.92. The molecule has 108 valence electrons. The number of para-hydroxylation sites is 1. The lowest BCUT2D eigenvalue weighted by Crippen LogP contribution is -2.39. The van der Waals surface area contributed by atoms with E-state index in [0.29, 0.717) is 0 Å². The van der Waals surface area contributed by atoms with Gasteiger partial charge in [0.2, 0.25) is 5.91 Å². The van der Waals surface area contributed by atoms with Gasteiger partial charge in [-0.3, -0.25) is 4.79 Å². The van der Waals surface area contributed by atoms with Crippen LogP contribution in [-0.2, 0) is 11.2 Å². The standard InChI is InChI=1S/C18H20N2O/c1-12-7-9-14(10-8-12)13(2)19-18(21)17-11-15-5-3-4-6-16(15)20-17/h3-10,13,17,20H,11H2,1-2H3,(H,19,21)/t13?,17-/m0/s1. The summed E-state index contributed by atoms with van der Waals surface area (Å²) in [6.45, 7) is 4.08. The molecule has 21 heavy (non-hydrogen) atoms. The van der Waals surface area contributed by atoms with Crippen LogP contribution in [0.25, 0.3) is 0 Å². The molecular weight excluding hydrogens is 260 g/mol. The fraction of sp³-hybridized carbons (Fsp3) is 0.278. The van der Waals surface area contributed by atoms with Crippen molar-refractivity contribution < 1.29 is 4.79 Å². The van der Waals surface area contributed by atoms with Gasteiger partial charge >= 0.3 is 0 Å². The van der Waals surface area contributed by atoms with E-state index < -0.39 is 0 Å². The molecule has 0 spiro atoms. The minimum Gasteiger partial charge on any atom is -0.373 e. The normalized spacial score (nSPS) is 17.7. The van der Waals surface area contributed by atoms with E-state index in [1.807, 2.05) is 25.1 Å².